The van der Waals surface area contributed by atoms with Crippen LogP contribution >= 0.6 is 0 Å². The predicted octanol–water partition coefficient (Wildman–Crippen LogP) is 1.36. The van der Waals surface area contributed by atoms with Crippen molar-refractivity contribution in [1.29, 1.82) is 0 Å². The molecule has 22 heavy (non-hydrogen) atoms. The van der Waals surface area contributed by atoms with Crippen molar-refractivity contribution in [2.24, 2.45) is 0 Å². The van der Waals surface area contributed by atoms with Gasteiger partial charge in [-0.15, -0.1) is 0 Å². The molecule has 120 valence electrons. The molecule has 1 heterocycles. The van der Waals surface area contributed by atoms with E-state index in [2.05, 4.69) is 5.32 Å². The molecule has 0 aliphatic carbocycles. The summed E-state index contributed by atoms with van der Waals surface area (Å²) in [4.78, 5) is 25.9. The van der Waals surface area contributed by atoms with Crippen LogP contribution in [0.3, 0.4) is 0 Å². The van der Waals surface area contributed by atoms with Gasteiger partial charge in [-0.05, 0) is 31.9 Å². The molecule has 0 unspecified atom stereocenters. The fraction of sp³-hybridized carbons (Fsp3) is 0.500. The van der Waals surface area contributed by atoms with Crippen LogP contribution < -0.4 is 14.8 Å². The normalized spacial score (nSPS) is 13.9. The zero-order chi connectivity index (χ0) is 16.1. The summed E-state index contributed by atoms with van der Waals surface area (Å²) in [6.07, 6.45) is 2.07. The molecule has 1 aliphatic rings. The number of hydrogen-bond acceptors (Lipinski definition) is 4. The van der Waals surface area contributed by atoms with Gasteiger partial charge in [-0.25, -0.2) is 0 Å². The maximum absolute atomic E-state index is 12.2. The minimum atomic E-state index is -0.316. The maximum Gasteiger partial charge on any atom is 0.251 e. The van der Waals surface area contributed by atoms with Gasteiger partial charge in [0.15, 0.2) is 0 Å². The smallest absolute Gasteiger partial charge is 0.251 e. The van der Waals surface area contributed by atoms with E-state index in [4.69, 9.17) is 9.47 Å². The fourth-order valence-electron chi connectivity index (χ4n) is 2.55. The quantitative estimate of drug-likeness (QED) is 0.892. The van der Waals surface area contributed by atoms with Gasteiger partial charge in [-0.1, -0.05) is 0 Å². The molecule has 6 heteroatoms. The topological polar surface area (TPSA) is 67.9 Å². The van der Waals surface area contributed by atoms with E-state index in [9.17, 15) is 9.59 Å². The van der Waals surface area contributed by atoms with Gasteiger partial charge in [-0.2, -0.15) is 0 Å². The summed E-state index contributed by atoms with van der Waals surface area (Å²) < 4.78 is 10.5. The monoisotopic (exact) mass is 306 g/mol. The summed E-state index contributed by atoms with van der Waals surface area (Å²) in [6, 6.07) is 3.29. The largest absolute Gasteiger partial charge is 0.496 e. The lowest BCUT2D eigenvalue weighted by Crippen LogP contribution is -2.38. The van der Waals surface area contributed by atoms with Crippen LogP contribution in [0.2, 0.25) is 0 Å². The molecule has 1 fully saturated rings. The Morgan fingerprint density at radius 3 is 2.18 bits per heavy atom. The molecule has 2 rings (SSSR count). The highest BCUT2D eigenvalue weighted by Gasteiger charge is 2.19. The second-order valence-corrected chi connectivity index (χ2v) is 5.28. The Morgan fingerprint density at radius 1 is 1.14 bits per heavy atom. The third-order valence-corrected chi connectivity index (χ3v) is 3.87. The number of nitrogens with zero attached hydrogens (tertiary/aromatic N) is 1. The molecule has 1 saturated heterocycles. The molecule has 1 aliphatic heterocycles. The third kappa shape index (κ3) is 3.50. The Labute approximate surface area is 130 Å². The molecule has 6 nitrogen and oxygen atoms in total. The van der Waals surface area contributed by atoms with Crippen LogP contribution in [0.5, 0.6) is 11.5 Å². The van der Waals surface area contributed by atoms with E-state index in [-0.39, 0.29) is 18.4 Å². The number of rotatable bonds is 5. The lowest BCUT2D eigenvalue weighted by molar-refractivity contribution is -0.129. The number of amides is 2. The number of benzene rings is 1. The van der Waals surface area contributed by atoms with E-state index >= 15 is 0 Å². The SMILES string of the molecule is COc1cc(C(=O)NCC(=O)N2CCCC2)cc(OC)c1C. The van der Waals surface area contributed by atoms with Crippen LogP contribution in [0.4, 0.5) is 0 Å². The highest BCUT2D eigenvalue weighted by molar-refractivity contribution is 5.97. The molecule has 2 amide bonds. The average Bonchev–Trinajstić information content (AvgIpc) is 3.07. The summed E-state index contributed by atoms with van der Waals surface area (Å²) in [5.41, 5.74) is 1.24. The highest BCUT2D eigenvalue weighted by atomic mass is 16.5. The van der Waals surface area contributed by atoms with E-state index < -0.39 is 0 Å². The molecule has 0 spiro atoms. The number of carbonyl (C=O) groups excluding carboxylic acids is 2. The van der Waals surface area contributed by atoms with Crippen LogP contribution in [0.25, 0.3) is 0 Å². The van der Waals surface area contributed by atoms with Crippen molar-refractivity contribution in [2.75, 3.05) is 33.9 Å². The summed E-state index contributed by atoms with van der Waals surface area (Å²) in [5.74, 6) is 0.798. The van der Waals surface area contributed by atoms with Crippen LogP contribution in [-0.2, 0) is 4.79 Å². The molecule has 0 atom stereocenters. The maximum atomic E-state index is 12.2. The molecule has 1 N–H and O–H groups in total. The first-order chi connectivity index (χ1) is 10.6. The number of ether oxygens (including phenoxy) is 2. The molecular formula is C16H22N2O4. The van der Waals surface area contributed by atoms with Gasteiger partial charge in [0, 0.05) is 24.2 Å². The number of nitrogens with one attached hydrogen (secondary N) is 1. The van der Waals surface area contributed by atoms with E-state index in [1.54, 1.807) is 31.3 Å². The van der Waals surface area contributed by atoms with Gasteiger partial charge in [0.25, 0.3) is 5.91 Å². The fourth-order valence-corrected chi connectivity index (χ4v) is 2.55. The molecule has 0 bridgehead atoms. The van der Waals surface area contributed by atoms with Gasteiger partial charge < -0.3 is 19.7 Å². The van der Waals surface area contributed by atoms with Crippen molar-refractivity contribution < 1.29 is 19.1 Å². The Kier molecular flexibility index (Phi) is 5.25. The lowest BCUT2D eigenvalue weighted by atomic mass is 10.1. The number of carbonyl (C=O) groups is 2. The second-order valence-electron chi connectivity index (χ2n) is 5.28. The zero-order valence-corrected chi connectivity index (χ0v) is 13.3. The minimum Gasteiger partial charge on any atom is -0.496 e. The number of methoxy groups -OCH3 is 2. The third-order valence-electron chi connectivity index (χ3n) is 3.87. The van der Waals surface area contributed by atoms with E-state index in [0.717, 1.165) is 31.5 Å². The van der Waals surface area contributed by atoms with E-state index in [0.29, 0.717) is 17.1 Å². The Balaban J connectivity index is 2.04. The first kappa shape index (κ1) is 16.1. The number of likely N-dealkylation sites (tertiary alicyclic amines) is 1. The highest BCUT2D eigenvalue weighted by Crippen LogP contribution is 2.29. The van der Waals surface area contributed by atoms with Crippen molar-refractivity contribution in [2.45, 2.75) is 19.8 Å². The molecule has 0 radical (unpaired) electrons. The van der Waals surface area contributed by atoms with Gasteiger partial charge in [0.05, 0.1) is 20.8 Å². The summed E-state index contributed by atoms with van der Waals surface area (Å²) in [7, 11) is 3.08. The van der Waals surface area contributed by atoms with Crippen molar-refractivity contribution >= 4 is 11.8 Å². The standard InChI is InChI=1S/C16H22N2O4/c1-11-13(21-2)8-12(9-14(11)22-3)16(20)17-10-15(19)18-6-4-5-7-18/h8-9H,4-7,10H2,1-3H3,(H,17,20). The van der Waals surface area contributed by atoms with Gasteiger partial charge in [0.1, 0.15) is 11.5 Å². The summed E-state index contributed by atoms with van der Waals surface area (Å²) >= 11 is 0. The van der Waals surface area contributed by atoms with E-state index in [1.165, 1.54) is 0 Å². The molecule has 0 saturated carbocycles. The number of hydrogen-bond donors (Lipinski definition) is 1. The van der Waals surface area contributed by atoms with Gasteiger partial charge >= 0.3 is 0 Å². The van der Waals surface area contributed by atoms with Crippen LogP contribution in [-0.4, -0.2) is 50.6 Å². The molecule has 0 aromatic heterocycles. The first-order valence-corrected chi connectivity index (χ1v) is 7.35. The Bertz CT molecular complexity index is 540. The average molecular weight is 306 g/mol. The lowest BCUT2D eigenvalue weighted by Gasteiger charge is -2.16. The zero-order valence-electron chi connectivity index (χ0n) is 13.3. The summed E-state index contributed by atoms with van der Waals surface area (Å²) in [5, 5.41) is 2.66. The van der Waals surface area contributed by atoms with Gasteiger partial charge in [-0.3, -0.25) is 9.59 Å². The van der Waals surface area contributed by atoms with Crippen LogP contribution in [0.15, 0.2) is 12.1 Å². The molecule has 1 aromatic carbocycles. The first-order valence-electron chi connectivity index (χ1n) is 7.35. The van der Waals surface area contributed by atoms with Gasteiger partial charge in [0.2, 0.25) is 5.91 Å². The van der Waals surface area contributed by atoms with Crippen LogP contribution in [0, 0.1) is 6.92 Å². The minimum absolute atomic E-state index is 0.0113. The second kappa shape index (κ2) is 7.15. The molecular weight excluding hydrogens is 284 g/mol. The Hall–Kier alpha value is -2.24. The van der Waals surface area contributed by atoms with Crippen molar-refractivity contribution in [3.05, 3.63) is 23.3 Å². The van der Waals surface area contributed by atoms with Crippen molar-refractivity contribution in [1.82, 2.24) is 10.2 Å². The summed E-state index contributed by atoms with van der Waals surface area (Å²) in [6.45, 7) is 3.43. The Morgan fingerprint density at radius 2 is 1.68 bits per heavy atom. The van der Waals surface area contributed by atoms with Crippen molar-refractivity contribution in [3.8, 4) is 11.5 Å². The van der Waals surface area contributed by atoms with Crippen molar-refractivity contribution in [3.63, 3.8) is 0 Å². The van der Waals surface area contributed by atoms with E-state index in [1.807, 2.05) is 6.92 Å². The predicted molar refractivity (Wildman–Crippen MR) is 82.4 cm³/mol. The van der Waals surface area contributed by atoms with Crippen LogP contribution in [0.1, 0.15) is 28.8 Å². The molecule has 1 aromatic rings.